The van der Waals surface area contributed by atoms with Crippen molar-refractivity contribution >= 4 is 11.6 Å². The van der Waals surface area contributed by atoms with Gasteiger partial charge in [-0.25, -0.2) is 0 Å². The van der Waals surface area contributed by atoms with Gasteiger partial charge in [-0.3, -0.25) is 14.9 Å². The van der Waals surface area contributed by atoms with Crippen LogP contribution in [0.15, 0.2) is 24.3 Å². The van der Waals surface area contributed by atoms with Crippen molar-refractivity contribution in [3.05, 3.63) is 39.9 Å². The Morgan fingerprint density at radius 2 is 2.26 bits per heavy atom. The van der Waals surface area contributed by atoms with Gasteiger partial charge in [-0.1, -0.05) is 18.2 Å². The number of para-hydroxylation sites is 1. The highest BCUT2D eigenvalue weighted by Crippen LogP contribution is 2.20. The smallest absolute Gasteiger partial charge is 0.274 e. The lowest BCUT2D eigenvalue weighted by molar-refractivity contribution is -0.385. The van der Waals surface area contributed by atoms with Crippen LogP contribution in [0.3, 0.4) is 0 Å². The quantitative estimate of drug-likeness (QED) is 0.653. The van der Waals surface area contributed by atoms with Crippen LogP contribution < -0.4 is 5.32 Å². The van der Waals surface area contributed by atoms with Gasteiger partial charge in [-0.05, 0) is 13.0 Å². The Balaban J connectivity index is 2.08. The fourth-order valence-corrected chi connectivity index (χ4v) is 2.33. The van der Waals surface area contributed by atoms with Gasteiger partial charge in [0.25, 0.3) is 5.69 Å². The summed E-state index contributed by atoms with van der Waals surface area (Å²) in [7, 11) is 1.69. The second kappa shape index (κ2) is 5.79. The Kier molecular flexibility index (Phi) is 4.11. The number of carbonyl (C=O) groups is 1. The molecule has 1 heterocycles. The molecule has 1 N–H and O–H groups in total. The number of nitro groups is 1. The van der Waals surface area contributed by atoms with Crippen LogP contribution in [0.4, 0.5) is 5.69 Å². The summed E-state index contributed by atoms with van der Waals surface area (Å²) in [5, 5.41) is 14.1. The van der Waals surface area contributed by atoms with Crippen LogP contribution in [-0.2, 0) is 11.3 Å². The van der Waals surface area contributed by atoms with E-state index in [2.05, 4.69) is 5.32 Å². The third-order valence-corrected chi connectivity index (χ3v) is 3.38. The Labute approximate surface area is 111 Å². The molecule has 0 saturated carbocycles. The minimum Gasteiger partial charge on any atom is -0.341 e. The van der Waals surface area contributed by atoms with Gasteiger partial charge < -0.3 is 10.2 Å². The van der Waals surface area contributed by atoms with Gasteiger partial charge >= 0.3 is 0 Å². The van der Waals surface area contributed by atoms with Gasteiger partial charge in [0, 0.05) is 25.2 Å². The Morgan fingerprint density at radius 3 is 2.89 bits per heavy atom. The summed E-state index contributed by atoms with van der Waals surface area (Å²) in [6.07, 6.45) is 0.833. The topological polar surface area (TPSA) is 75.5 Å². The maximum Gasteiger partial charge on any atom is 0.274 e. The average molecular weight is 263 g/mol. The molecule has 1 aliphatic rings. The zero-order valence-corrected chi connectivity index (χ0v) is 10.8. The molecule has 0 radical (unpaired) electrons. The van der Waals surface area contributed by atoms with E-state index in [-0.39, 0.29) is 24.1 Å². The molecule has 1 saturated heterocycles. The van der Waals surface area contributed by atoms with Crippen LogP contribution in [0.5, 0.6) is 0 Å². The lowest BCUT2D eigenvalue weighted by atomic mass is 10.1. The van der Waals surface area contributed by atoms with Crippen LogP contribution >= 0.6 is 0 Å². The molecular weight excluding hydrogens is 246 g/mol. The van der Waals surface area contributed by atoms with Gasteiger partial charge in [0.1, 0.15) is 0 Å². The lowest BCUT2D eigenvalue weighted by Crippen LogP contribution is -2.33. The van der Waals surface area contributed by atoms with Crippen molar-refractivity contribution in [1.29, 1.82) is 0 Å². The number of carbonyl (C=O) groups excluding carboxylic acids is 1. The maximum atomic E-state index is 12.1. The molecule has 0 spiro atoms. The monoisotopic (exact) mass is 263 g/mol. The van der Waals surface area contributed by atoms with Crippen molar-refractivity contribution in [2.24, 2.45) is 5.92 Å². The van der Waals surface area contributed by atoms with Crippen molar-refractivity contribution in [3.8, 4) is 0 Å². The lowest BCUT2D eigenvalue weighted by Gasteiger charge is -2.20. The molecule has 0 aromatic heterocycles. The van der Waals surface area contributed by atoms with Gasteiger partial charge in [-0.2, -0.15) is 0 Å². The van der Waals surface area contributed by atoms with Crippen LogP contribution in [0.2, 0.25) is 0 Å². The molecule has 2 rings (SSSR count). The van der Waals surface area contributed by atoms with Crippen LogP contribution in [0.1, 0.15) is 12.0 Å². The Morgan fingerprint density at radius 1 is 1.53 bits per heavy atom. The van der Waals surface area contributed by atoms with Crippen molar-refractivity contribution in [2.45, 2.75) is 13.0 Å². The first-order valence-electron chi connectivity index (χ1n) is 6.27. The number of benzene rings is 1. The molecule has 0 aliphatic carbocycles. The van der Waals surface area contributed by atoms with E-state index in [1.165, 1.54) is 6.07 Å². The fraction of sp³-hybridized carbons (Fsp3) is 0.462. The van der Waals surface area contributed by atoms with E-state index in [4.69, 9.17) is 0 Å². The first kappa shape index (κ1) is 13.5. The number of rotatable bonds is 4. The maximum absolute atomic E-state index is 12.1. The average Bonchev–Trinajstić information content (AvgIpc) is 2.92. The van der Waals surface area contributed by atoms with E-state index in [1.54, 1.807) is 30.1 Å². The summed E-state index contributed by atoms with van der Waals surface area (Å²) in [5.41, 5.74) is 0.626. The third kappa shape index (κ3) is 3.08. The number of amides is 1. The molecule has 1 atom stereocenters. The van der Waals surface area contributed by atoms with E-state index in [0.717, 1.165) is 13.0 Å². The second-order valence-electron chi connectivity index (χ2n) is 4.77. The SMILES string of the molecule is CN(Cc1ccccc1[N+](=O)[O-])C(=O)C1CCNC1. The van der Waals surface area contributed by atoms with E-state index in [0.29, 0.717) is 12.1 Å². The van der Waals surface area contributed by atoms with Crippen molar-refractivity contribution in [1.82, 2.24) is 10.2 Å². The fourth-order valence-electron chi connectivity index (χ4n) is 2.33. The van der Waals surface area contributed by atoms with E-state index < -0.39 is 4.92 Å². The predicted octanol–water partition coefficient (Wildman–Crippen LogP) is 1.16. The van der Waals surface area contributed by atoms with Crippen LogP contribution in [0, 0.1) is 16.0 Å². The standard InChI is InChI=1S/C13H17N3O3/c1-15(13(17)10-6-7-14-8-10)9-11-4-2-3-5-12(11)16(18)19/h2-5,10,14H,6-9H2,1H3. The summed E-state index contributed by atoms with van der Waals surface area (Å²) >= 11 is 0. The molecule has 1 fully saturated rings. The van der Waals surface area contributed by atoms with Crippen LogP contribution in [0.25, 0.3) is 0 Å². The van der Waals surface area contributed by atoms with Crippen molar-refractivity contribution in [3.63, 3.8) is 0 Å². The molecule has 19 heavy (non-hydrogen) atoms. The zero-order valence-electron chi connectivity index (χ0n) is 10.8. The molecule has 1 aliphatic heterocycles. The summed E-state index contributed by atoms with van der Waals surface area (Å²) in [4.78, 5) is 24.2. The number of hydrogen-bond acceptors (Lipinski definition) is 4. The summed E-state index contributed by atoms with van der Waals surface area (Å²) in [5.74, 6) is 0.0379. The summed E-state index contributed by atoms with van der Waals surface area (Å²) < 4.78 is 0. The third-order valence-electron chi connectivity index (χ3n) is 3.38. The van der Waals surface area contributed by atoms with Crippen LogP contribution in [-0.4, -0.2) is 35.9 Å². The van der Waals surface area contributed by atoms with E-state index in [9.17, 15) is 14.9 Å². The number of nitro benzene ring substituents is 1. The largest absolute Gasteiger partial charge is 0.341 e. The Bertz CT molecular complexity index is 484. The van der Waals surface area contributed by atoms with E-state index in [1.807, 2.05) is 0 Å². The van der Waals surface area contributed by atoms with Gasteiger partial charge in [-0.15, -0.1) is 0 Å². The van der Waals surface area contributed by atoms with Crippen molar-refractivity contribution in [2.75, 3.05) is 20.1 Å². The highest BCUT2D eigenvalue weighted by Gasteiger charge is 2.26. The summed E-state index contributed by atoms with van der Waals surface area (Å²) in [6, 6.07) is 6.53. The second-order valence-corrected chi connectivity index (χ2v) is 4.77. The molecular formula is C13H17N3O3. The molecule has 6 heteroatoms. The van der Waals surface area contributed by atoms with Gasteiger partial charge in [0.2, 0.25) is 5.91 Å². The molecule has 0 bridgehead atoms. The predicted molar refractivity (Wildman–Crippen MR) is 70.5 cm³/mol. The van der Waals surface area contributed by atoms with Gasteiger partial charge in [0.15, 0.2) is 0 Å². The minimum atomic E-state index is -0.412. The first-order chi connectivity index (χ1) is 9.09. The zero-order chi connectivity index (χ0) is 13.8. The van der Waals surface area contributed by atoms with E-state index >= 15 is 0 Å². The van der Waals surface area contributed by atoms with Crippen molar-refractivity contribution < 1.29 is 9.72 Å². The normalized spacial score (nSPS) is 18.3. The molecule has 102 valence electrons. The number of nitrogens with zero attached hydrogens (tertiary/aromatic N) is 2. The molecule has 1 aromatic rings. The first-order valence-corrected chi connectivity index (χ1v) is 6.27. The number of hydrogen-bond donors (Lipinski definition) is 1. The molecule has 6 nitrogen and oxygen atoms in total. The minimum absolute atomic E-state index is 0.00670. The molecule has 1 amide bonds. The highest BCUT2D eigenvalue weighted by atomic mass is 16.6. The van der Waals surface area contributed by atoms with Gasteiger partial charge in [0.05, 0.1) is 17.4 Å². The Hall–Kier alpha value is -1.95. The molecule has 1 aromatic carbocycles. The number of nitrogens with one attached hydrogen (secondary N) is 1. The highest BCUT2D eigenvalue weighted by molar-refractivity contribution is 5.79. The summed E-state index contributed by atoms with van der Waals surface area (Å²) in [6.45, 7) is 1.82. The molecule has 1 unspecified atom stereocenters.